The average Bonchev–Trinajstić information content (AvgIpc) is 2.06. The van der Waals surface area contributed by atoms with E-state index in [0.717, 1.165) is 12.1 Å². The molecule has 0 unspecified atom stereocenters. The van der Waals surface area contributed by atoms with Crippen LogP contribution >= 0.6 is 0 Å². The Morgan fingerprint density at radius 2 is 2.08 bits per heavy atom. The highest BCUT2D eigenvalue weighted by Gasteiger charge is 2.38. The Morgan fingerprint density at radius 3 is 2.85 bits per heavy atom. The van der Waals surface area contributed by atoms with Crippen molar-refractivity contribution in [2.45, 2.75) is 12.3 Å². The van der Waals surface area contributed by atoms with E-state index in [1.54, 1.807) is 0 Å². The van der Waals surface area contributed by atoms with E-state index in [0.29, 0.717) is 0 Å². The van der Waals surface area contributed by atoms with E-state index in [1.807, 2.05) is 0 Å². The quantitative estimate of drug-likeness (QED) is 0.608. The van der Waals surface area contributed by atoms with Gasteiger partial charge in [0.15, 0.2) is 0 Å². The lowest BCUT2D eigenvalue weighted by Crippen LogP contribution is -2.24. The molecule has 1 aliphatic rings. The van der Waals surface area contributed by atoms with Crippen LogP contribution in [-0.2, 0) is 5.92 Å². The molecule has 1 aromatic carbocycles. The van der Waals surface area contributed by atoms with Crippen molar-refractivity contribution < 1.29 is 17.9 Å². The van der Waals surface area contributed by atoms with Crippen molar-refractivity contribution in [3.8, 4) is 5.75 Å². The molecule has 0 atom stereocenters. The van der Waals surface area contributed by atoms with Crippen LogP contribution < -0.4 is 4.74 Å². The molecule has 1 aromatic rings. The maximum absolute atomic E-state index is 13.1. The zero-order valence-corrected chi connectivity index (χ0v) is 6.69. The summed E-state index contributed by atoms with van der Waals surface area (Å²) in [7, 11) is 0. The van der Waals surface area contributed by atoms with Crippen molar-refractivity contribution in [3.05, 3.63) is 29.6 Å². The van der Waals surface area contributed by atoms with Crippen LogP contribution in [0, 0.1) is 5.82 Å². The van der Waals surface area contributed by atoms with Crippen LogP contribution in [-0.4, -0.2) is 6.61 Å². The molecule has 0 radical (unpaired) electrons. The molecule has 0 N–H and O–H groups in total. The van der Waals surface area contributed by atoms with E-state index in [1.165, 1.54) is 6.07 Å². The minimum absolute atomic E-state index is 0.0222. The second kappa shape index (κ2) is 2.65. The number of hydrogen-bond donors (Lipinski definition) is 0. The maximum Gasteiger partial charge on any atom is 0.280 e. The van der Waals surface area contributed by atoms with Gasteiger partial charge in [0, 0.05) is 0 Å². The molecule has 0 saturated carbocycles. The summed E-state index contributed by atoms with van der Waals surface area (Å²) in [5.74, 6) is -3.54. The number of fused-ring (bicyclic) bond motifs is 1. The first-order valence-electron chi connectivity index (χ1n) is 3.90. The van der Waals surface area contributed by atoms with Crippen LogP contribution in [0.1, 0.15) is 12.0 Å². The lowest BCUT2D eigenvalue weighted by Gasteiger charge is -2.25. The highest BCUT2D eigenvalue weighted by molar-refractivity contribution is 5.38. The fourth-order valence-electron chi connectivity index (χ4n) is 1.34. The Kier molecular flexibility index (Phi) is 1.71. The monoisotopic (exact) mass is 188 g/mol. The summed E-state index contributed by atoms with van der Waals surface area (Å²) in [4.78, 5) is 0. The molecule has 0 aliphatic carbocycles. The van der Waals surface area contributed by atoms with Crippen molar-refractivity contribution >= 4 is 0 Å². The highest BCUT2D eigenvalue weighted by atomic mass is 19.3. The summed E-state index contributed by atoms with van der Waals surface area (Å²) < 4.78 is 43.9. The molecule has 0 amide bonds. The number of rotatable bonds is 0. The van der Waals surface area contributed by atoms with E-state index in [9.17, 15) is 13.2 Å². The first-order chi connectivity index (χ1) is 6.09. The van der Waals surface area contributed by atoms with Gasteiger partial charge in [0.05, 0.1) is 18.6 Å². The SMILES string of the molecule is Fc1ccc2c(c1)C(F)(F)CCO2. The van der Waals surface area contributed by atoms with Crippen LogP contribution in [0.2, 0.25) is 0 Å². The minimum atomic E-state index is -2.96. The van der Waals surface area contributed by atoms with Gasteiger partial charge in [-0.2, -0.15) is 0 Å². The lowest BCUT2D eigenvalue weighted by atomic mass is 10.0. The number of ether oxygens (including phenoxy) is 1. The Labute approximate surface area is 73.1 Å². The van der Waals surface area contributed by atoms with Gasteiger partial charge in [-0.15, -0.1) is 0 Å². The predicted molar refractivity (Wildman–Crippen MR) is 40.4 cm³/mol. The molecule has 0 fully saturated rings. The smallest absolute Gasteiger partial charge is 0.280 e. The van der Waals surface area contributed by atoms with Crippen LogP contribution in [0.4, 0.5) is 13.2 Å². The lowest BCUT2D eigenvalue weighted by molar-refractivity contribution is -0.0407. The number of alkyl halides is 2. The zero-order valence-electron chi connectivity index (χ0n) is 6.69. The molecule has 1 aliphatic heterocycles. The van der Waals surface area contributed by atoms with E-state index in [2.05, 4.69) is 0 Å². The van der Waals surface area contributed by atoms with Gasteiger partial charge in [-0.25, -0.2) is 13.2 Å². The largest absolute Gasteiger partial charge is 0.493 e. The predicted octanol–water partition coefficient (Wildman–Crippen LogP) is 2.70. The summed E-state index contributed by atoms with van der Waals surface area (Å²) in [5.41, 5.74) is -0.348. The van der Waals surface area contributed by atoms with Gasteiger partial charge in [0.1, 0.15) is 11.6 Å². The number of halogens is 3. The van der Waals surface area contributed by atoms with Gasteiger partial charge in [-0.3, -0.25) is 0 Å². The van der Waals surface area contributed by atoms with Crippen LogP contribution in [0.15, 0.2) is 18.2 Å². The molecule has 1 nitrogen and oxygen atoms in total. The van der Waals surface area contributed by atoms with Gasteiger partial charge >= 0.3 is 0 Å². The fourth-order valence-corrected chi connectivity index (χ4v) is 1.34. The van der Waals surface area contributed by atoms with Crippen molar-refractivity contribution in [1.29, 1.82) is 0 Å². The van der Waals surface area contributed by atoms with Crippen molar-refractivity contribution in [2.24, 2.45) is 0 Å². The second-order valence-electron chi connectivity index (χ2n) is 2.94. The van der Waals surface area contributed by atoms with E-state index < -0.39 is 11.7 Å². The average molecular weight is 188 g/mol. The first kappa shape index (κ1) is 8.41. The Morgan fingerprint density at radius 1 is 1.31 bits per heavy atom. The molecule has 4 heteroatoms. The summed E-state index contributed by atoms with van der Waals surface area (Å²) in [6.07, 6.45) is -0.385. The van der Waals surface area contributed by atoms with Crippen LogP contribution in [0.25, 0.3) is 0 Å². The normalized spacial score (nSPS) is 19.0. The molecule has 0 aromatic heterocycles. The first-order valence-corrected chi connectivity index (χ1v) is 3.90. The van der Waals surface area contributed by atoms with Gasteiger partial charge < -0.3 is 4.74 Å². The Bertz CT molecular complexity index is 336. The molecule has 0 saturated heterocycles. The molecule has 70 valence electrons. The zero-order chi connectivity index (χ0) is 9.47. The summed E-state index contributed by atoms with van der Waals surface area (Å²) in [6, 6.07) is 3.17. The van der Waals surface area contributed by atoms with Gasteiger partial charge in [-0.05, 0) is 18.2 Å². The standard InChI is InChI=1S/C9H7F3O/c10-6-1-2-8-7(5-6)9(11,12)3-4-13-8/h1-2,5H,3-4H2. The topological polar surface area (TPSA) is 9.23 Å². The molecule has 0 spiro atoms. The van der Waals surface area contributed by atoms with Crippen LogP contribution in [0.3, 0.4) is 0 Å². The molecule has 0 bridgehead atoms. The number of hydrogen-bond acceptors (Lipinski definition) is 1. The minimum Gasteiger partial charge on any atom is -0.493 e. The Hall–Kier alpha value is -1.19. The van der Waals surface area contributed by atoms with Crippen LogP contribution in [0.5, 0.6) is 5.75 Å². The maximum atomic E-state index is 13.1. The number of benzene rings is 1. The summed E-state index contributed by atoms with van der Waals surface area (Å²) in [6.45, 7) is -0.0222. The molecular formula is C9H7F3O. The third-order valence-corrected chi connectivity index (χ3v) is 2.01. The van der Waals surface area contributed by atoms with E-state index in [-0.39, 0.29) is 24.3 Å². The van der Waals surface area contributed by atoms with E-state index in [4.69, 9.17) is 4.74 Å². The molecular weight excluding hydrogens is 181 g/mol. The summed E-state index contributed by atoms with van der Waals surface area (Å²) >= 11 is 0. The summed E-state index contributed by atoms with van der Waals surface area (Å²) in [5, 5.41) is 0. The van der Waals surface area contributed by atoms with Crippen molar-refractivity contribution in [3.63, 3.8) is 0 Å². The van der Waals surface area contributed by atoms with Gasteiger partial charge in [0.2, 0.25) is 0 Å². The molecule has 1 heterocycles. The molecule has 13 heavy (non-hydrogen) atoms. The molecule has 2 rings (SSSR count). The van der Waals surface area contributed by atoms with Gasteiger partial charge in [-0.1, -0.05) is 0 Å². The second-order valence-corrected chi connectivity index (χ2v) is 2.94. The van der Waals surface area contributed by atoms with Crippen molar-refractivity contribution in [1.82, 2.24) is 0 Å². The third kappa shape index (κ3) is 1.36. The fraction of sp³-hybridized carbons (Fsp3) is 0.333. The van der Waals surface area contributed by atoms with Gasteiger partial charge in [0.25, 0.3) is 5.92 Å². The highest BCUT2D eigenvalue weighted by Crippen LogP contribution is 2.41. The Balaban J connectivity index is 2.55. The van der Waals surface area contributed by atoms with E-state index >= 15 is 0 Å². The third-order valence-electron chi connectivity index (χ3n) is 2.01. The van der Waals surface area contributed by atoms with Crippen molar-refractivity contribution in [2.75, 3.05) is 6.61 Å².